The Morgan fingerprint density at radius 1 is 1.27 bits per heavy atom. The Hall–Kier alpha value is -1.69. The lowest BCUT2D eigenvalue weighted by Gasteiger charge is -2.29. The predicted octanol–water partition coefficient (Wildman–Crippen LogP) is 3.04. The minimum Gasteiger partial charge on any atom is -0.444 e. The molecule has 6 heteroatoms. The standard InChI is InChI=1S/C16H24N4O2/c1-11-18-15(22-19-11)12-5-7-20(8-6-12)10-14-17-9-13(21-14)16(2,3)4/h9,12H,5-8,10H2,1-4H3. The first kappa shape index (κ1) is 15.2. The summed E-state index contributed by atoms with van der Waals surface area (Å²) in [6.07, 6.45) is 3.92. The molecule has 3 rings (SSSR count). The highest BCUT2D eigenvalue weighted by molar-refractivity contribution is 5.06. The molecule has 0 saturated carbocycles. The van der Waals surface area contributed by atoms with Crippen molar-refractivity contribution < 1.29 is 8.94 Å². The SMILES string of the molecule is Cc1noc(C2CCN(Cc3ncc(C(C)(C)C)o3)CC2)n1. The summed E-state index contributed by atoms with van der Waals surface area (Å²) in [5.41, 5.74) is 0.00800. The van der Waals surface area contributed by atoms with Crippen LogP contribution in [0.25, 0.3) is 0 Å². The zero-order valence-electron chi connectivity index (χ0n) is 13.8. The van der Waals surface area contributed by atoms with E-state index in [1.54, 1.807) is 0 Å². The predicted molar refractivity (Wildman–Crippen MR) is 81.5 cm³/mol. The summed E-state index contributed by atoms with van der Waals surface area (Å²) in [5, 5.41) is 3.88. The Kier molecular flexibility index (Phi) is 4.04. The van der Waals surface area contributed by atoms with Crippen LogP contribution in [0.15, 0.2) is 15.1 Å². The second-order valence-corrected chi connectivity index (χ2v) is 7.10. The molecule has 3 heterocycles. The van der Waals surface area contributed by atoms with Crippen LogP contribution in [0, 0.1) is 6.92 Å². The van der Waals surface area contributed by atoms with Gasteiger partial charge in [-0.3, -0.25) is 4.90 Å². The molecule has 0 aromatic carbocycles. The first-order chi connectivity index (χ1) is 10.4. The molecule has 1 aliphatic heterocycles. The van der Waals surface area contributed by atoms with Crippen molar-refractivity contribution >= 4 is 0 Å². The summed E-state index contributed by atoms with van der Waals surface area (Å²) in [6.45, 7) is 11.0. The van der Waals surface area contributed by atoms with Crippen LogP contribution >= 0.6 is 0 Å². The van der Waals surface area contributed by atoms with E-state index in [1.807, 2.05) is 13.1 Å². The summed E-state index contributed by atoms with van der Waals surface area (Å²) in [7, 11) is 0. The molecule has 0 amide bonds. The number of rotatable bonds is 3. The van der Waals surface area contributed by atoms with E-state index in [2.05, 4.69) is 40.8 Å². The molecule has 6 nitrogen and oxygen atoms in total. The van der Waals surface area contributed by atoms with Crippen molar-refractivity contribution in [3.8, 4) is 0 Å². The van der Waals surface area contributed by atoms with Crippen molar-refractivity contribution in [3.63, 3.8) is 0 Å². The van der Waals surface area contributed by atoms with E-state index >= 15 is 0 Å². The fourth-order valence-electron chi connectivity index (χ4n) is 2.74. The van der Waals surface area contributed by atoms with Gasteiger partial charge < -0.3 is 8.94 Å². The minimum atomic E-state index is 0.00800. The Bertz CT molecular complexity index is 618. The first-order valence-electron chi connectivity index (χ1n) is 7.89. The number of oxazole rings is 1. The van der Waals surface area contributed by atoms with Crippen LogP contribution in [0.5, 0.6) is 0 Å². The summed E-state index contributed by atoms with van der Waals surface area (Å²) >= 11 is 0. The number of hydrogen-bond donors (Lipinski definition) is 0. The summed E-state index contributed by atoms with van der Waals surface area (Å²) in [6, 6.07) is 0. The van der Waals surface area contributed by atoms with E-state index in [0.717, 1.165) is 50.0 Å². The van der Waals surface area contributed by atoms with Crippen LogP contribution in [0.3, 0.4) is 0 Å². The molecule has 1 fully saturated rings. The highest BCUT2D eigenvalue weighted by Crippen LogP contribution is 2.28. The van der Waals surface area contributed by atoms with Gasteiger partial charge in [-0.15, -0.1) is 0 Å². The van der Waals surface area contributed by atoms with Gasteiger partial charge >= 0.3 is 0 Å². The molecule has 0 radical (unpaired) electrons. The maximum atomic E-state index is 5.87. The van der Waals surface area contributed by atoms with Gasteiger partial charge in [-0.1, -0.05) is 25.9 Å². The second-order valence-electron chi connectivity index (χ2n) is 7.10. The largest absolute Gasteiger partial charge is 0.444 e. The van der Waals surface area contributed by atoms with E-state index in [-0.39, 0.29) is 5.41 Å². The Labute approximate surface area is 130 Å². The van der Waals surface area contributed by atoms with Gasteiger partial charge in [0, 0.05) is 11.3 Å². The molecule has 2 aromatic heterocycles. The molecule has 0 spiro atoms. The summed E-state index contributed by atoms with van der Waals surface area (Å²) in [4.78, 5) is 11.1. The smallest absolute Gasteiger partial charge is 0.229 e. The molecule has 0 aliphatic carbocycles. The zero-order valence-corrected chi connectivity index (χ0v) is 13.8. The van der Waals surface area contributed by atoms with E-state index in [4.69, 9.17) is 8.94 Å². The van der Waals surface area contributed by atoms with Crippen LogP contribution in [0.1, 0.15) is 62.9 Å². The third kappa shape index (κ3) is 3.38. The Balaban J connectivity index is 1.55. The molecule has 0 unspecified atom stereocenters. The molecule has 0 bridgehead atoms. The second kappa shape index (κ2) is 5.83. The lowest BCUT2D eigenvalue weighted by molar-refractivity contribution is 0.171. The average Bonchev–Trinajstić information content (AvgIpc) is 3.08. The van der Waals surface area contributed by atoms with Gasteiger partial charge in [0.1, 0.15) is 5.76 Å². The maximum absolute atomic E-state index is 5.87. The Morgan fingerprint density at radius 2 is 2.00 bits per heavy atom. The lowest BCUT2D eigenvalue weighted by atomic mass is 9.94. The van der Waals surface area contributed by atoms with E-state index in [1.165, 1.54) is 0 Å². The fourth-order valence-corrected chi connectivity index (χ4v) is 2.74. The molecule has 120 valence electrons. The van der Waals surface area contributed by atoms with E-state index < -0.39 is 0 Å². The topological polar surface area (TPSA) is 68.2 Å². The van der Waals surface area contributed by atoms with E-state index in [9.17, 15) is 0 Å². The number of likely N-dealkylation sites (tertiary alicyclic amines) is 1. The van der Waals surface area contributed by atoms with Crippen LogP contribution in [-0.4, -0.2) is 33.1 Å². The van der Waals surface area contributed by atoms with Gasteiger partial charge in [-0.25, -0.2) is 4.98 Å². The Morgan fingerprint density at radius 3 is 2.55 bits per heavy atom. The van der Waals surface area contributed by atoms with Crippen molar-refractivity contribution in [2.24, 2.45) is 0 Å². The summed E-state index contributed by atoms with van der Waals surface area (Å²) < 4.78 is 11.2. The van der Waals surface area contributed by atoms with Gasteiger partial charge in [0.25, 0.3) is 0 Å². The number of nitrogens with zero attached hydrogens (tertiary/aromatic N) is 4. The van der Waals surface area contributed by atoms with Crippen molar-refractivity contribution in [2.45, 2.75) is 58.4 Å². The molecule has 22 heavy (non-hydrogen) atoms. The van der Waals surface area contributed by atoms with Crippen LogP contribution < -0.4 is 0 Å². The third-order valence-corrected chi connectivity index (χ3v) is 4.13. The highest BCUT2D eigenvalue weighted by Gasteiger charge is 2.26. The van der Waals surface area contributed by atoms with Crippen molar-refractivity contribution in [1.29, 1.82) is 0 Å². The molecule has 0 N–H and O–H groups in total. The molecular weight excluding hydrogens is 280 g/mol. The van der Waals surface area contributed by atoms with Gasteiger partial charge in [0.2, 0.25) is 11.8 Å². The first-order valence-corrected chi connectivity index (χ1v) is 7.89. The van der Waals surface area contributed by atoms with Crippen molar-refractivity contribution in [3.05, 3.63) is 29.6 Å². The molecule has 1 aliphatic rings. The van der Waals surface area contributed by atoms with Gasteiger partial charge in [-0.2, -0.15) is 4.98 Å². The lowest BCUT2D eigenvalue weighted by Crippen LogP contribution is -2.32. The van der Waals surface area contributed by atoms with Gasteiger partial charge in [0.15, 0.2) is 5.82 Å². The third-order valence-electron chi connectivity index (χ3n) is 4.13. The van der Waals surface area contributed by atoms with Crippen LogP contribution in [-0.2, 0) is 12.0 Å². The van der Waals surface area contributed by atoms with Gasteiger partial charge in [0.05, 0.1) is 12.7 Å². The number of hydrogen-bond acceptors (Lipinski definition) is 6. The van der Waals surface area contributed by atoms with Gasteiger partial charge in [-0.05, 0) is 32.9 Å². The number of aromatic nitrogens is 3. The normalized spacial score (nSPS) is 18.0. The van der Waals surface area contributed by atoms with Crippen molar-refractivity contribution in [2.75, 3.05) is 13.1 Å². The zero-order chi connectivity index (χ0) is 15.7. The molecule has 0 atom stereocenters. The maximum Gasteiger partial charge on any atom is 0.229 e. The molecular formula is C16H24N4O2. The van der Waals surface area contributed by atoms with Crippen LogP contribution in [0.2, 0.25) is 0 Å². The number of aryl methyl sites for hydroxylation is 1. The monoisotopic (exact) mass is 304 g/mol. The number of piperidine rings is 1. The highest BCUT2D eigenvalue weighted by atomic mass is 16.5. The summed E-state index contributed by atoms with van der Waals surface area (Å²) in [5.74, 6) is 3.62. The van der Waals surface area contributed by atoms with E-state index in [0.29, 0.717) is 11.7 Å². The minimum absolute atomic E-state index is 0.00800. The molecule has 2 aromatic rings. The molecule has 1 saturated heterocycles. The fraction of sp³-hybridized carbons (Fsp3) is 0.688. The van der Waals surface area contributed by atoms with Crippen molar-refractivity contribution in [1.82, 2.24) is 20.0 Å². The quantitative estimate of drug-likeness (QED) is 0.868. The van der Waals surface area contributed by atoms with Crippen LogP contribution in [0.4, 0.5) is 0 Å². The average molecular weight is 304 g/mol.